The van der Waals surface area contributed by atoms with Crippen LogP contribution in [-0.4, -0.2) is 25.6 Å². The van der Waals surface area contributed by atoms with Crippen LogP contribution in [0, 0.1) is 6.92 Å². The first kappa shape index (κ1) is 15.3. The molecule has 0 amide bonds. The topological polar surface area (TPSA) is 81.8 Å². The van der Waals surface area contributed by atoms with E-state index in [4.69, 9.17) is 0 Å². The van der Waals surface area contributed by atoms with Gasteiger partial charge in [0.2, 0.25) is 5.13 Å². The number of benzene rings is 1. The van der Waals surface area contributed by atoms with E-state index in [2.05, 4.69) is 30.5 Å². The number of rotatable bonds is 5. The summed E-state index contributed by atoms with van der Waals surface area (Å²) in [4.78, 5) is 15.4. The predicted molar refractivity (Wildman–Crippen MR) is 103 cm³/mol. The highest BCUT2D eigenvalue weighted by Gasteiger charge is 2.08. The second-order valence-electron chi connectivity index (χ2n) is 5.46. The van der Waals surface area contributed by atoms with E-state index in [-0.39, 0.29) is 0 Å². The second kappa shape index (κ2) is 6.74. The van der Waals surface area contributed by atoms with Gasteiger partial charge < -0.3 is 9.97 Å². The minimum Gasteiger partial charge on any atom is -0.362 e. The van der Waals surface area contributed by atoms with Crippen LogP contribution < -0.4 is 5.43 Å². The summed E-state index contributed by atoms with van der Waals surface area (Å²) in [6.45, 7) is 1.96. The van der Waals surface area contributed by atoms with Crippen LogP contribution in [0.3, 0.4) is 0 Å². The number of hydrogen-bond acceptors (Lipinski definition) is 5. The molecule has 0 aliphatic heterocycles. The van der Waals surface area contributed by atoms with Crippen molar-refractivity contribution in [1.82, 2.24) is 19.9 Å². The van der Waals surface area contributed by atoms with E-state index >= 15 is 0 Å². The molecule has 0 saturated heterocycles. The normalized spacial score (nSPS) is 12.3. The lowest BCUT2D eigenvalue weighted by molar-refractivity contribution is 1.20. The van der Waals surface area contributed by atoms with Crippen molar-refractivity contribution in [2.45, 2.75) is 6.92 Å². The molecule has 3 aromatic heterocycles. The van der Waals surface area contributed by atoms with Crippen LogP contribution in [0.2, 0.25) is 0 Å². The Labute approximate surface area is 148 Å². The average Bonchev–Trinajstić information content (AvgIpc) is 3.35. The minimum absolute atomic E-state index is 0.693. The summed E-state index contributed by atoms with van der Waals surface area (Å²) in [5.74, 6) is 0.699. The fourth-order valence-corrected chi connectivity index (χ4v) is 3.00. The Morgan fingerprint density at radius 1 is 1.20 bits per heavy atom. The molecule has 0 aliphatic rings. The number of nitrogens with one attached hydrogen (secondary N) is 3. The fourth-order valence-electron chi connectivity index (χ4n) is 2.37. The summed E-state index contributed by atoms with van der Waals surface area (Å²) in [6, 6.07) is 11.9. The van der Waals surface area contributed by atoms with Crippen LogP contribution in [0.25, 0.3) is 17.1 Å². The average molecular weight is 348 g/mol. The first-order valence-corrected chi connectivity index (χ1v) is 8.68. The number of allylic oxidation sites excluding steroid dienone is 1. The van der Waals surface area contributed by atoms with Gasteiger partial charge in [0, 0.05) is 17.3 Å². The van der Waals surface area contributed by atoms with Gasteiger partial charge >= 0.3 is 0 Å². The maximum absolute atomic E-state index is 4.63. The molecule has 0 fully saturated rings. The molecule has 7 heteroatoms. The molecule has 4 rings (SSSR count). The number of imidazole rings is 1. The predicted octanol–water partition coefficient (Wildman–Crippen LogP) is 4.19. The number of thiazole rings is 1. The number of anilines is 1. The highest BCUT2D eigenvalue weighted by Crippen LogP contribution is 2.16. The highest BCUT2D eigenvalue weighted by atomic mass is 32.1. The van der Waals surface area contributed by atoms with Crippen molar-refractivity contribution in [3.63, 3.8) is 0 Å². The molecule has 0 atom stereocenters. The Bertz CT molecular complexity index is 1010. The third-order valence-corrected chi connectivity index (χ3v) is 4.43. The SMILES string of the molecule is Cc1csc(N/N=C(/C=C/c2ccc[nH]2)c2nc3ccccc3[nH]2)n1. The Kier molecular flexibility index (Phi) is 4.14. The lowest BCUT2D eigenvalue weighted by Gasteiger charge is -1.99. The van der Waals surface area contributed by atoms with E-state index in [0.29, 0.717) is 11.5 Å². The summed E-state index contributed by atoms with van der Waals surface area (Å²) < 4.78 is 0. The van der Waals surface area contributed by atoms with Crippen LogP contribution >= 0.6 is 11.3 Å². The van der Waals surface area contributed by atoms with Crippen LogP contribution in [0.5, 0.6) is 0 Å². The largest absolute Gasteiger partial charge is 0.362 e. The Morgan fingerprint density at radius 3 is 2.88 bits per heavy atom. The smallest absolute Gasteiger partial charge is 0.203 e. The second-order valence-corrected chi connectivity index (χ2v) is 6.32. The maximum atomic E-state index is 4.63. The Balaban J connectivity index is 1.69. The van der Waals surface area contributed by atoms with Crippen molar-refractivity contribution in [3.8, 4) is 0 Å². The van der Waals surface area contributed by atoms with Gasteiger partial charge in [-0.3, -0.25) is 5.43 Å². The molecule has 124 valence electrons. The third-order valence-electron chi connectivity index (χ3n) is 3.57. The molecule has 3 N–H and O–H groups in total. The Morgan fingerprint density at radius 2 is 2.12 bits per heavy atom. The first-order chi connectivity index (χ1) is 12.3. The van der Waals surface area contributed by atoms with E-state index < -0.39 is 0 Å². The third kappa shape index (κ3) is 3.51. The van der Waals surface area contributed by atoms with Gasteiger partial charge in [0.1, 0.15) is 5.71 Å². The molecule has 0 bridgehead atoms. The first-order valence-electron chi connectivity index (χ1n) is 7.80. The van der Waals surface area contributed by atoms with Crippen molar-refractivity contribution in [2.24, 2.45) is 5.10 Å². The molecule has 6 nitrogen and oxygen atoms in total. The van der Waals surface area contributed by atoms with Gasteiger partial charge in [-0.05, 0) is 43.3 Å². The van der Waals surface area contributed by atoms with Crippen LogP contribution in [0.15, 0.2) is 59.2 Å². The minimum atomic E-state index is 0.693. The summed E-state index contributed by atoms with van der Waals surface area (Å²) in [5.41, 5.74) is 7.55. The molecule has 0 radical (unpaired) electrons. The van der Waals surface area contributed by atoms with Crippen molar-refractivity contribution < 1.29 is 0 Å². The molecule has 0 saturated carbocycles. The molecule has 4 aromatic rings. The molecular weight excluding hydrogens is 332 g/mol. The number of para-hydroxylation sites is 2. The van der Waals surface area contributed by atoms with Crippen molar-refractivity contribution in [1.29, 1.82) is 0 Å². The summed E-state index contributed by atoms with van der Waals surface area (Å²) in [7, 11) is 0. The van der Waals surface area contributed by atoms with E-state index in [1.165, 1.54) is 11.3 Å². The van der Waals surface area contributed by atoms with E-state index in [1.807, 2.05) is 67.1 Å². The molecule has 0 aliphatic carbocycles. The summed E-state index contributed by atoms with van der Waals surface area (Å²) in [6.07, 6.45) is 5.76. The maximum Gasteiger partial charge on any atom is 0.203 e. The number of aromatic nitrogens is 4. The number of aryl methyl sites for hydroxylation is 1. The van der Waals surface area contributed by atoms with E-state index in [9.17, 15) is 0 Å². The Hall–Kier alpha value is -3.19. The zero-order valence-electron chi connectivity index (χ0n) is 13.5. The number of aromatic amines is 2. The molecular formula is C18H16N6S. The van der Waals surface area contributed by atoms with Gasteiger partial charge in [-0.2, -0.15) is 5.10 Å². The van der Waals surface area contributed by atoms with E-state index in [0.717, 1.165) is 27.6 Å². The van der Waals surface area contributed by atoms with Crippen molar-refractivity contribution in [2.75, 3.05) is 5.43 Å². The van der Waals surface area contributed by atoms with Crippen molar-refractivity contribution in [3.05, 3.63) is 71.3 Å². The molecule has 0 spiro atoms. The number of fused-ring (bicyclic) bond motifs is 1. The van der Waals surface area contributed by atoms with Crippen LogP contribution in [0.4, 0.5) is 5.13 Å². The van der Waals surface area contributed by atoms with Gasteiger partial charge in [-0.1, -0.05) is 12.1 Å². The van der Waals surface area contributed by atoms with Gasteiger partial charge in [0.15, 0.2) is 5.82 Å². The molecule has 0 unspecified atom stereocenters. The fraction of sp³-hybridized carbons (Fsp3) is 0.0556. The zero-order valence-corrected chi connectivity index (χ0v) is 14.3. The number of hydrazone groups is 1. The number of hydrogen-bond donors (Lipinski definition) is 3. The highest BCUT2D eigenvalue weighted by molar-refractivity contribution is 7.13. The van der Waals surface area contributed by atoms with Crippen LogP contribution in [0.1, 0.15) is 17.2 Å². The van der Waals surface area contributed by atoms with Gasteiger partial charge in [-0.25, -0.2) is 9.97 Å². The molecule has 25 heavy (non-hydrogen) atoms. The standard InChI is InChI=1S/C18H16N6S/c1-12-11-25-18(20-12)24-23-16(9-8-13-5-4-10-19-13)17-21-14-6-2-3-7-15(14)22-17/h2-11,19H,1H3,(H,20,24)(H,21,22)/b9-8+,23-16-. The quantitative estimate of drug-likeness (QED) is 0.374. The van der Waals surface area contributed by atoms with Crippen LogP contribution in [-0.2, 0) is 0 Å². The lowest BCUT2D eigenvalue weighted by Crippen LogP contribution is -2.03. The molecule has 3 heterocycles. The van der Waals surface area contributed by atoms with Gasteiger partial charge in [-0.15, -0.1) is 11.3 Å². The monoisotopic (exact) mass is 348 g/mol. The van der Waals surface area contributed by atoms with E-state index in [1.54, 1.807) is 0 Å². The summed E-state index contributed by atoms with van der Waals surface area (Å²) >= 11 is 1.52. The van der Waals surface area contributed by atoms with Gasteiger partial charge in [0.25, 0.3) is 0 Å². The van der Waals surface area contributed by atoms with Crippen molar-refractivity contribution >= 4 is 39.3 Å². The van der Waals surface area contributed by atoms with Gasteiger partial charge in [0.05, 0.1) is 16.7 Å². The number of nitrogens with zero attached hydrogens (tertiary/aromatic N) is 3. The lowest BCUT2D eigenvalue weighted by atomic mass is 10.3. The molecule has 1 aromatic carbocycles. The number of H-pyrrole nitrogens is 2. The zero-order chi connectivity index (χ0) is 17.1. The summed E-state index contributed by atoms with van der Waals surface area (Å²) in [5, 5.41) is 7.22.